The molecule has 0 atom stereocenters. The number of aryl methyl sites for hydroxylation is 2. The highest BCUT2D eigenvalue weighted by Crippen LogP contribution is 2.06. The van der Waals surface area contributed by atoms with Crippen LogP contribution < -0.4 is 5.32 Å². The molecule has 0 aliphatic heterocycles. The maximum Gasteiger partial charge on any atom is 0.0624 e. The van der Waals surface area contributed by atoms with E-state index in [-0.39, 0.29) is 0 Å². The molecule has 0 unspecified atom stereocenters. The minimum absolute atomic E-state index is 0.724. The molecule has 0 saturated carbocycles. The Balaban J connectivity index is 2.43. The lowest BCUT2D eigenvalue weighted by Gasteiger charge is -2.08. The average Bonchev–Trinajstić information content (AvgIpc) is 2.66. The molecule has 0 spiro atoms. The van der Waals surface area contributed by atoms with E-state index < -0.39 is 0 Å². The normalized spacial score (nSPS) is 11.3. The summed E-state index contributed by atoms with van der Waals surface area (Å²) in [5.74, 6) is 0.724. The van der Waals surface area contributed by atoms with Crippen LogP contribution in [0.25, 0.3) is 0 Å². The summed E-state index contributed by atoms with van der Waals surface area (Å²) in [6.07, 6.45) is 2.10. The zero-order valence-corrected chi connectivity index (χ0v) is 11.1. The third-order valence-electron chi connectivity index (χ3n) is 2.69. The van der Waals surface area contributed by atoms with Crippen molar-refractivity contribution in [1.82, 2.24) is 15.1 Å². The smallest absolute Gasteiger partial charge is 0.0624 e. The minimum atomic E-state index is 0.724. The van der Waals surface area contributed by atoms with E-state index in [1.54, 1.807) is 0 Å². The van der Waals surface area contributed by atoms with Crippen LogP contribution in [-0.2, 0) is 19.4 Å². The van der Waals surface area contributed by atoms with Crippen LogP contribution >= 0.6 is 0 Å². The van der Waals surface area contributed by atoms with Crippen LogP contribution in [0.5, 0.6) is 0 Å². The standard InChI is InChI=1S/C13H25N3/c1-5-12-9-13(16(6-2)15-12)7-8-14-10-11(3)4/h9,11,14H,5-8,10H2,1-4H3. The summed E-state index contributed by atoms with van der Waals surface area (Å²) in [5.41, 5.74) is 2.57. The van der Waals surface area contributed by atoms with Crippen LogP contribution in [-0.4, -0.2) is 22.9 Å². The Morgan fingerprint density at radius 1 is 1.38 bits per heavy atom. The second-order valence-corrected chi connectivity index (χ2v) is 4.64. The Morgan fingerprint density at radius 3 is 2.69 bits per heavy atom. The Kier molecular flexibility index (Phi) is 5.53. The Morgan fingerprint density at radius 2 is 2.12 bits per heavy atom. The molecule has 1 aromatic rings. The molecule has 0 fully saturated rings. The van der Waals surface area contributed by atoms with Gasteiger partial charge >= 0.3 is 0 Å². The van der Waals surface area contributed by atoms with Crippen molar-refractivity contribution < 1.29 is 0 Å². The van der Waals surface area contributed by atoms with E-state index in [0.717, 1.165) is 38.4 Å². The van der Waals surface area contributed by atoms with Crippen molar-refractivity contribution in [3.05, 3.63) is 17.5 Å². The van der Waals surface area contributed by atoms with Gasteiger partial charge in [0.1, 0.15) is 0 Å². The van der Waals surface area contributed by atoms with Crippen LogP contribution in [0.2, 0.25) is 0 Å². The molecule has 1 rings (SSSR count). The Bertz CT molecular complexity index is 302. The number of nitrogens with one attached hydrogen (secondary N) is 1. The molecule has 0 amide bonds. The van der Waals surface area contributed by atoms with Crippen LogP contribution in [0.3, 0.4) is 0 Å². The molecule has 0 aromatic carbocycles. The summed E-state index contributed by atoms with van der Waals surface area (Å²) in [6.45, 7) is 11.9. The quantitative estimate of drug-likeness (QED) is 0.719. The van der Waals surface area contributed by atoms with E-state index in [4.69, 9.17) is 0 Å². The van der Waals surface area contributed by atoms with Gasteiger partial charge < -0.3 is 5.32 Å². The van der Waals surface area contributed by atoms with Gasteiger partial charge in [0.05, 0.1) is 5.69 Å². The fourth-order valence-electron chi connectivity index (χ4n) is 1.77. The van der Waals surface area contributed by atoms with Gasteiger partial charge in [-0.05, 0) is 31.9 Å². The lowest BCUT2D eigenvalue weighted by molar-refractivity contribution is 0.540. The summed E-state index contributed by atoms with van der Waals surface area (Å²) in [6, 6.07) is 2.24. The van der Waals surface area contributed by atoms with Crippen molar-refractivity contribution in [2.24, 2.45) is 5.92 Å². The topological polar surface area (TPSA) is 29.9 Å². The summed E-state index contributed by atoms with van der Waals surface area (Å²) in [4.78, 5) is 0. The number of rotatable bonds is 7. The molecule has 3 heteroatoms. The zero-order valence-electron chi connectivity index (χ0n) is 11.1. The van der Waals surface area contributed by atoms with Gasteiger partial charge in [0.2, 0.25) is 0 Å². The van der Waals surface area contributed by atoms with Crippen LogP contribution in [0.1, 0.15) is 39.1 Å². The number of aromatic nitrogens is 2. The lowest BCUT2D eigenvalue weighted by atomic mass is 10.2. The van der Waals surface area contributed by atoms with E-state index >= 15 is 0 Å². The van der Waals surface area contributed by atoms with Gasteiger partial charge in [-0.2, -0.15) is 5.10 Å². The molecule has 92 valence electrons. The zero-order chi connectivity index (χ0) is 12.0. The van der Waals surface area contributed by atoms with Crippen molar-refractivity contribution in [1.29, 1.82) is 0 Å². The van der Waals surface area contributed by atoms with Crippen LogP contribution in [0, 0.1) is 5.92 Å². The Hall–Kier alpha value is -0.830. The number of hydrogen-bond donors (Lipinski definition) is 1. The van der Waals surface area contributed by atoms with Gasteiger partial charge in [-0.3, -0.25) is 4.68 Å². The first-order chi connectivity index (χ1) is 7.67. The first-order valence-corrected chi connectivity index (χ1v) is 6.43. The largest absolute Gasteiger partial charge is 0.316 e. The third-order valence-corrected chi connectivity index (χ3v) is 2.69. The van der Waals surface area contributed by atoms with Crippen molar-refractivity contribution in [3.8, 4) is 0 Å². The third kappa shape index (κ3) is 3.97. The molecule has 0 bridgehead atoms. The van der Waals surface area contributed by atoms with E-state index in [2.05, 4.69) is 48.9 Å². The van der Waals surface area contributed by atoms with Gasteiger partial charge in [-0.15, -0.1) is 0 Å². The fourth-order valence-corrected chi connectivity index (χ4v) is 1.77. The number of hydrogen-bond acceptors (Lipinski definition) is 2. The molecular weight excluding hydrogens is 198 g/mol. The van der Waals surface area contributed by atoms with E-state index in [1.807, 2.05) is 0 Å². The first-order valence-electron chi connectivity index (χ1n) is 6.43. The second-order valence-electron chi connectivity index (χ2n) is 4.64. The molecule has 1 heterocycles. The van der Waals surface area contributed by atoms with Gasteiger partial charge in [0.15, 0.2) is 0 Å². The highest BCUT2D eigenvalue weighted by Gasteiger charge is 2.04. The van der Waals surface area contributed by atoms with Crippen molar-refractivity contribution in [2.75, 3.05) is 13.1 Å². The van der Waals surface area contributed by atoms with Crippen molar-refractivity contribution >= 4 is 0 Å². The first kappa shape index (κ1) is 13.2. The second kappa shape index (κ2) is 6.69. The SMILES string of the molecule is CCc1cc(CCNCC(C)C)n(CC)n1. The van der Waals surface area contributed by atoms with Gasteiger partial charge in [-0.25, -0.2) is 0 Å². The monoisotopic (exact) mass is 223 g/mol. The van der Waals surface area contributed by atoms with Crippen molar-refractivity contribution in [2.45, 2.75) is 47.1 Å². The van der Waals surface area contributed by atoms with Gasteiger partial charge in [0, 0.05) is 25.2 Å². The molecular formula is C13H25N3. The number of nitrogens with zero attached hydrogens (tertiary/aromatic N) is 2. The van der Waals surface area contributed by atoms with E-state index in [1.165, 1.54) is 11.4 Å². The molecule has 0 aliphatic rings. The predicted molar refractivity (Wildman–Crippen MR) is 68.7 cm³/mol. The van der Waals surface area contributed by atoms with Gasteiger partial charge in [-0.1, -0.05) is 20.8 Å². The molecule has 0 saturated heterocycles. The summed E-state index contributed by atoms with van der Waals surface area (Å²) in [7, 11) is 0. The van der Waals surface area contributed by atoms with Crippen LogP contribution in [0.4, 0.5) is 0 Å². The minimum Gasteiger partial charge on any atom is -0.316 e. The highest BCUT2D eigenvalue weighted by molar-refractivity contribution is 5.10. The summed E-state index contributed by atoms with van der Waals surface area (Å²) >= 11 is 0. The highest BCUT2D eigenvalue weighted by atomic mass is 15.3. The molecule has 3 nitrogen and oxygen atoms in total. The summed E-state index contributed by atoms with van der Waals surface area (Å²) < 4.78 is 2.12. The van der Waals surface area contributed by atoms with Crippen LogP contribution in [0.15, 0.2) is 6.07 Å². The lowest BCUT2D eigenvalue weighted by Crippen LogP contribution is -2.23. The average molecular weight is 223 g/mol. The summed E-state index contributed by atoms with van der Waals surface area (Å²) in [5, 5.41) is 8.02. The van der Waals surface area contributed by atoms with Gasteiger partial charge in [0.25, 0.3) is 0 Å². The molecule has 1 N–H and O–H groups in total. The molecule has 0 aliphatic carbocycles. The van der Waals surface area contributed by atoms with Crippen molar-refractivity contribution in [3.63, 3.8) is 0 Å². The maximum atomic E-state index is 4.55. The molecule has 0 radical (unpaired) electrons. The maximum absolute atomic E-state index is 4.55. The Labute approximate surface area is 99.2 Å². The van der Waals surface area contributed by atoms with E-state index in [9.17, 15) is 0 Å². The van der Waals surface area contributed by atoms with E-state index in [0.29, 0.717) is 0 Å². The molecule has 16 heavy (non-hydrogen) atoms. The fraction of sp³-hybridized carbons (Fsp3) is 0.769. The molecule has 1 aromatic heterocycles. The predicted octanol–water partition coefficient (Wildman–Crippen LogP) is 2.25.